The van der Waals surface area contributed by atoms with Crippen molar-refractivity contribution in [2.45, 2.75) is 0 Å². The van der Waals surface area contributed by atoms with Gasteiger partial charge in [-0.15, -0.1) is 0 Å². The number of benzene rings is 1. The van der Waals surface area contributed by atoms with E-state index >= 15 is 0 Å². The Morgan fingerprint density at radius 1 is 1.16 bits per heavy atom. The van der Waals surface area contributed by atoms with Crippen LogP contribution >= 0.6 is 23.2 Å². The smallest absolute Gasteiger partial charge is 0.342 e. The molecule has 0 amide bonds. The van der Waals surface area contributed by atoms with Crippen LogP contribution < -0.4 is 16.0 Å². The number of aromatic carboxylic acids is 2. The SMILES string of the molecule is COc1c(Cl)cc(Cl)c(-c2c(C(=O)O)c(N)[nH]c(=O)c2C(=O)O)c1F. The molecule has 8 nitrogen and oxygen atoms in total. The molecule has 25 heavy (non-hydrogen) atoms. The van der Waals surface area contributed by atoms with Crippen molar-refractivity contribution in [1.82, 2.24) is 4.98 Å². The molecule has 0 aliphatic carbocycles. The summed E-state index contributed by atoms with van der Waals surface area (Å²) < 4.78 is 19.6. The van der Waals surface area contributed by atoms with Crippen LogP contribution in [0.5, 0.6) is 5.75 Å². The number of hydrogen-bond donors (Lipinski definition) is 4. The van der Waals surface area contributed by atoms with E-state index < -0.39 is 62.2 Å². The third kappa shape index (κ3) is 2.99. The van der Waals surface area contributed by atoms with Crippen LogP contribution in [-0.2, 0) is 0 Å². The van der Waals surface area contributed by atoms with Gasteiger partial charge in [-0.25, -0.2) is 14.0 Å². The monoisotopic (exact) mass is 390 g/mol. The minimum Gasteiger partial charge on any atom is -0.492 e. The number of methoxy groups -OCH3 is 1. The Hall–Kier alpha value is -2.78. The second-order valence-electron chi connectivity index (χ2n) is 4.67. The van der Waals surface area contributed by atoms with Gasteiger partial charge in [0, 0.05) is 11.1 Å². The van der Waals surface area contributed by atoms with Crippen molar-refractivity contribution in [3.63, 3.8) is 0 Å². The number of pyridine rings is 1. The first-order valence-corrected chi connectivity index (χ1v) is 7.11. The number of carboxylic acids is 2. The molecule has 2 rings (SSSR count). The predicted octanol–water partition coefficient (Wildman–Crippen LogP) is 2.47. The number of nitrogens with two attached hydrogens (primary N) is 1. The molecule has 0 aliphatic rings. The predicted molar refractivity (Wildman–Crippen MR) is 87.4 cm³/mol. The molecule has 0 unspecified atom stereocenters. The number of nitrogens with one attached hydrogen (secondary N) is 1. The van der Waals surface area contributed by atoms with E-state index in [4.69, 9.17) is 33.7 Å². The fraction of sp³-hybridized carbons (Fsp3) is 0.0714. The van der Waals surface area contributed by atoms with Crippen molar-refractivity contribution in [3.8, 4) is 16.9 Å². The maximum Gasteiger partial charge on any atom is 0.342 e. The summed E-state index contributed by atoms with van der Waals surface area (Å²) in [6.45, 7) is 0. The lowest BCUT2D eigenvalue weighted by Crippen LogP contribution is -2.24. The molecule has 0 bridgehead atoms. The van der Waals surface area contributed by atoms with Crippen LogP contribution in [0.3, 0.4) is 0 Å². The Bertz CT molecular complexity index is 973. The van der Waals surface area contributed by atoms with E-state index in [9.17, 15) is 29.0 Å². The number of anilines is 1. The van der Waals surface area contributed by atoms with Crippen molar-refractivity contribution in [3.05, 3.63) is 43.4 Å². The highest BCUT2D eigenvalue weighted by Crippen LogP contribution is 2.42. The maximum atomic E-state index is 14.8. The van der Waals surface area contributed by atoms with Gasteiger partial charge in [-0.05, 0) is 6.07 Å². The number of aromatic amines is 1. The van der Waals surface area contributed by atoms with Gasteiger partial charge < -0.3 is 25.7 Å². The summed E-state index contributed by atoms with van der Waals surface area (Å²) in [4.78, 5) is 36.9. The molecule has 0 atom stereocenters. The first-order chi connectivity index (χ1) is 11.6. The summed E-state index contributed by atoms with van der Waals surface area (Å²) in [5.41, 5.74) is 0.897. The van der Waals surface area contributed by atoms with Gasteiger partial charge in [0.15, 0.2) is 11.6 Å². The maximum absolute atomic E-state index is 14.8. The molecule has 132 valence electrons. The fourth-order valence-electron chi connectivity index (χ4n) is 2.29. The quantitative estimate of drug-likeness (QED) is 0.627. The molecule has 11 heteroatoms. The highest BCUT2D eigenvalue weighted by atomic mass is 35.5. The zero-order chi connectivity index (χ0) is 19.0. The largest absolute Gasteiger partial charge is 0.492 e. The molecule has 5 N–H and O–H groups in total. The topological polar surface area (TPSA) is 143 Å². The average molecular weight is 391 g/mol. The van der Waals surface area contributed by atoms with Crippen LogP contribution in [0.1, 0.15) is 20.7 Å². The van der Waals surface area contributed by atoms with Crippen molar-refractivity contribution in [1.29, 1.82) is 0 Å². The van der Waals surface area contributed by atoms with Gasteiger partial charge in [-0.3, -0.25) is 4.79 Å². The lowest BCUT2D eigenvalue weighted by atomic mass is 9.94. The normalized spacial score (nSPS) is 10.6. The number of carboxylic acid groups (broad SMARTS) is 2. The summed E-state index contributed by atoms with van der Waals surface area (Å²) in [7, 11) is 1.09. The molecule has 2 aromatic rings. The zero-order valence-corrected chi connectivity index (χ0v) is 13.8. The molecule has 0 saturated carbocycles. The van der Waals surface area contributed by atoms with Gasteiger partial charge in [0.2, 0.25) is 0 Å². The van der Waals surface area contributed by atoms with Crippen molar-refractivity contribution >= 4 is 41.0 Å². The third-order valence-corrected chi connectivity index (χ3v) is 3.83. The van der Waals surface area contributed by atoms with Gasteiger partial charge in [0.25, 0.3) is 5.56 Å². The fourth-order valence-corrected chi connectivity index (χ4v) is 2.90. The molecule has 1 aromatic carbocycles. The summed E-state index contributed by atoms with van der Waals surface area (Å²) in [6, 6.07) is 1.02. The van der Waals surface area contributed by atoms with Crippen LogP contribution in [0.2, 0.25) is 10.0 Å². The summed E-state index contributed by atoms with van der Waals surface area (Å²) in [5, 5.41) is 18.0. The van der Waals surface area contributed by atoms with Gasteiger partial charge in [-0.1, -0.05) is 23.2 Å². The van der Waals surface area contributed by atoms with E-state index in [-0.39, 0.29) is 5.02 Å². The summed E-state index contributed by atoms with van der Waals surface area (Å²) in [5.74, 6) is -5.91. The molecule has 0 fully saturated rings. The molecular formula is C14H9Cl2FN2O6. The number of hydrogen-bond acceptors (Lipinski definition) is 5. The molecule has 0 aliphatic heterocycles. The lowest BCUT2D eigenvalue weighted by molar-refractivity contribution is 0.0695. The highest BCUT2D eigenvalue weighted by Gasteiger charge is 2.31. The third-order valence-electron chi connectivity index (χ3n) is 3.25. The number of H-pyrrole nitrogens is 1. The van der Waals surface area contributed by atoms with Crippen LogP contribution in [0.4, 0.5) is 10.2 Å². The number of rotatable bonds is 4. The van der Waals surface area contributed by atoms with Crippen molar-refractivity contribution < 1.29 is 28.9 Å². The molecule has 0 radical (unpaired) electrons. The Labute approximate surface area is 148 Å². The first kappa shape index (κ1) is 18.6. The average Bonchev–Trinajstić information content (AvgIpc) is 2.45. The Kier molecular flexibility index (Phi) is 4.91. The second kappa shape index (κ2) is 6.61. The van der Waals surface area contributed by atoms with E-state index in [1.165, 1.54) is 0 Å². The van der Waals surface area contributed by atoms with Gasteiger partial charge in [-0.2, -0.15) is 0 Å². The molecular weight excluding hydrogens is 382 g/mol. The number of ether oxygens (including phenoxy) is 1. The number of carbonyl (C=O) groups is 2. The van der Waals surface area contributed by atoms with E-state index in [0.29, 0.717) is 0 Å². The minimum absolute atomic E-state index is 0.236. The Morgan fingerprint density at radius 2 is 1.72 bits per heavy atom. The Balaban J connectivity index is 3.15. The van der Waals surface area contributed by atoms with Gasteiger partial charge in [0.1, 0.15) is 16.9 Å². The number of nitrogen functional groups attached to an aromatic ring is 1. The van der Waals surface area contributed by atoms with Crippen molar-refractivity contribution in [2.75, 3.05) is 12.8 Å². The molecule has 1 aromatic heterocycles. The molecule has 1 heterocycles. The number of halogens is 3. The summed E-state index contributed by atoms with van der Waals surface area (Å²) in [6.07, 6.45) is 0. The molecule has 0 saturated heterocycles. The van der Waals surface area contributed by atoms with Crippen LogP contribution in [-0.4, -0.2) is 34.2 Å². The van der Waals surface area contributed by atoms with E-state index in [1.54, 1.807) is 0 Å². The highest BCUT2D eigenvalue weighted by molar-refractivity contribution is 6.37. The van der Waals surface area contributed by atoms with Gasteiger partial charge >= 0.3 is 11.9 Å². The van der Waals surface area contributed by atoms with E-state index in [2.05, 4.69) is 0 Å². The van der Waals surface area contributed by atoms with Crippen LogP contribution in [0.25, 0.3) is 11.1 Å². The zero-order valence-electron chi connectivity index (χ0n) is 12.3. The molecule has 0 spiro atoms. The van der Waals surface area contributed by atoms with Crippen LogP contribution in [0.15, 0.2) is 10.9 Å². The minimum atomic E-state index is -1.80. The first-order valence-electron chi connectivity index (χ1n) is 6.35. The van der Waals surface area contributed by atoms with Gasteiger partial charge in [0.05, 0.1) is 17.2 Å². The number of aromatic nitrogens is 1. The second-order valence-corrected chi connectivity index (χ2v) is 5.48. The standard InChI is InChI=1S/C14H9Cl2FN2O6/c1-25-10-4(16)2-3(15)5(9(10)17)6-7(13(21)22)11(18)19-12(20)8(6)14(23)24/h2H,1H3,(H,21,22)(H,23,24)(H3,18,19,20). The lowest BCUT2D eigenvalue weighted by Gasteiger charge is -2.16. The van der Waals surface area contributed by atoms with Crippen molar-refractivity contribution in [2.24, 2.45) is 0 Å². The Morgan fingerprint density at radius 3 is 2.20 bits per heavy atom. The van der Waals surface area contributed by atoms with Crippen LogP contribution in [0, 0.1) is 5.82 Å². The van der Waals surface area contributed by atoms with E-state index in [0.717, 1.165) is 13.2 Å². The van der Waals surface area contributed by atoms with E-state index in [1.807, 2.05) is 4.98 Å². The summed E-state index contributed by atoms with van der Waals surface area (Å²) >= 11 is 11.7.